The zero-order valence-electron chi connectivity index (χ0n) is 13.3. The summed E-state index contributed by atoms with van der Waals surface area (Å²) in [5.41, 5.74) is 1.70. The van der Waals surface area contributed by atoms with Crippen molar-refractivity contribution in [2.75, 3.05) is 9.62 Å². The Morgan fingerprint density at radius 2 is 1.89 bits per heavy atom. The lowest BCUT2D eigenvalue weighted by atomic mass is 10.1. The molecule has 1 N–H and O–H groups in total. The number of rotatable bonds is 3. The van der Waals surface area contributed by atoms with Gasteiger partial charge < -0.3 is 0 Å². The average Bonchev–Trinajstić information content (AvgIpc) is 3.21. The summed E-state index contributed by atoms with van der Waals surface area (Å²) in [7, 11) is -4.14. The predicted octanol–water partition coefficient (Wildman–Crippen LogP) is 2.79. The maximum atomic E-state index is 12.9. The van der Waals surface area contributed by atoms with Gasteiger partial charge in [0.2, 0.25) is 5.13 Å². The molecule has 0 saturated carbocycles. The van der Waals surface area contributed by atoms with Gasteiger partial charge in [-0.3, -0.25) is 14.9 Å². The van der Waals surface area contributed by atoms with Crippen LogP contribution in [0, 0.1) is 0 Å². The van der Waals surface area contributed by atoms with Crippen molar-refractivity contribution in [2.24, 2.45) is 0 Å². The fourth-order valence-corrected chi connectivity index (χ4v) is 4.79. The van der Waals surface area contributed by atoms with Gasteiger partial charge in [0.05, 0.1) is 11.3 Å². The SMILES string of the molecule is O=C(Nc1nncs1)c1ccc2c(c1)S(=O)(=O)N(c1ccc(Cl)cc1)C2=O. The zero-order chi connectivity index (χ0) is 19.2. The van der Waals surface area contributed by atoms with Crippen molar-refractivity contribution in [3.63, 3.8) is 0 Å². The fraction of sp³-hybridized carbons (Fsp3) is 0. The minimum absolute atomic E-state index is 0.00239. The van der Waals surface area contributed by atoms with Crippen LogP contribution in [0.2, 0.25) is 5.02 Å². The van der Waals surface area contributed by atoms with Crippen LogP contribution >= 0.6 is 22.9 Å². The largest absolute Gasteiger partial charge is 0.296 e. The number of amides is 2. The molecule has 2 heterocycles. The van der Waals surface area contributed by atoms with Gasteiger partial charge in [-0.25, -0.2) is 8.42 Å². The first-order chi connectivity index (χ1) is 12.9. The van der Waals surface area contributed by atoms with Gasteiger partial charge in [0.25, 0.3) is 21.8 Å². The van der Waals surface area contributed by atoms with Gasteiger partial charge >= 0.3 is 0 Å². The molecule has 2 amide bonds. The number of hydrogen-bond donors (Lipinski definition) is 1. The first-order valence-corrected chi connectivity index (χ1v) is 10.1. The van der Waals surface area contributed by atoms with E-state index in [1.165, 1.54) is 48.0 Å². The van der Waals surface area contributed by atoms with Crippen LogP contribution in [0.15, 0.2) is 52.9 Å². The number of hydrogen-bond acceptors (Lipinski definition) is 7. The molecule has 0 aliphatic carbocycles. The van der Waals surface area contributed by atoms with Crippen molar-refractivity contribution < 1.29 is 18.0 Å². The number of sulfonamides is 1. The van der Waals surface area contributed by atoms with Crippen LogP contribution in [-0.2, 0) is 10.0 Å². The van der Waals surface area contributed by atoms with Crippen LogP contribution in [-0.4, -0.2) is 30.4 Å². The molecule has 0 unspecified atom stereocenters. The molecule has 0 spiro atoms. The summed E-state index contributed by atoms with van der Waals surface area (Å²) in [5, 5.41) is 10.5. The monoisotopic (exact) mass is 420 g/mol. The van der Waals surface area contributed by atoms with Crippen molar-refractivity contribution in [2.45, 2.75) is 4.90 Å². The predicted molar refractivity (Wildman–Crippen MR) is 99.8 cm³/mol. The van der Waals surface area contributed by atoms with E-state index in [-0.39, 0.29) is 26.8 Å². The molecule has 1 aliphatic rings. The maximum absolute atomic E-state index is 12.9. The summed E-state index contributed by atoms with van der Waals surface area (Å²) >= 11 is 6.95. The van der Waals surface area contributed by atoms with E-state index in [2.05, 4.69) is 15.5 Å². The molecule has 2 aromatic carbocycles. The van der Waals surface area contributed by atoms with Gasteiger partial charge in [0.15, 0.2) is 0 Å². The fourth-order valence-electron chi connectivity index (χ4n) is 2.60. The van der Waals surface area contributed by atoms with E-state index in [0.717, 1.165) is 11.3 Å². The van der Waals surface area contributed by atoms with Crippen LogP contribution in [0.3, 0.4) is 0 Å². The van der Waals surface area contributed by atoms with E-state index in [0.29, 0.717) is 9.33 Å². The number of nitrogens with zero attached hydrogens (tertiary/aromatic N) is 3. The summed E-state index contributed by atoms with van der Waals surface area (Å²) in [5.74, 6) is -1.24. The summed E-state index contributed by atoms with van der Waals surface area (Å²) in [4.78, 5) is 24.7. The Kier molecular flexibility index (Phi) is 4.17. The Morgan fingerprint density at radius 1 is 1.15 bits per heavy atom. The molecular formula is C16H9ClN4O4S2. The first-order valence-electron chi connectivity index (χ1n) is 7.45. The van der Waals surface area contributed by atoms with Gasteiger partial charge in [-0.15, -0.1) is 10.2 Å². The third-order valence-corrected chi connectivity index (χ3v) is 6.43. The number of carbonyl (C=O) groups excluding carboxylic acids is 2. The molecule has 8 nitrogen and oxygen atoms in total. The molecule has 0 atom stereocenters. The molecule has 4 rings (SSSR count). The van der Waals surface area contributed by atoms with E-state index in [4.69, 9.17) is 11.6 Å². The van der Waals surface area contributed by atoms with Crippen molar-refractivity contribution in [1.82, 2.24) is 10.2 Å². The van der Waals surface area contributed by atoms with Crippen LogP contribution < -0.4 is 9.62 Å². The molecule has 0 radical (unpaired) electrons. The van der Waals surface area contributed by atoms with Crippen LogP contribution in [0.5, 0.6) is 0 Å². The smallest absolute Gasteiger partial charge is 0.273 e. The van der Waals surface area contributed by atoms with Crippen LogP contribution in [0.25, 0.3) is 0 Å². The number of benzene rings is 2. The Hall–Kier alpha value is -2.82. The second-order valence-electron chi connectivity index (χ2n) is 5.46. The van der Waals surface area contributed by atoms with Gasteiger partial charge in [0.1, 0.15) is 10.4 Å². The molecule has 27 heavy (non-hydrogen) atoms. The number of carbonyl (C=O) groups is 2. The summed E-state index contributed by atoms with van der Waals surface area (Å²) in [6.07, 6.45) is 0. The Bertz CT molecular complexity index is 1160. The quantitative estimate of drug-likeness (QED) is 0.697. The highest BCUT2D eigenvalue weighted by Crippen LogP contribution is 2.35. The minimum atomic E-state index is -4.14. The maximum Gasteiger partial charge on any atom is 0.273 e. The van der Waals surface area contributed by atoms with Crippen LogP contribution in [0.4, 0.5) is 10.8 Å². The standard InChI is InChI=1S/C16H9ClN4O4S2/c17-10-2-4-11(5-3-10)21-15(23)12-6-1-9(7-13(12)27(21,24)25)14(22)19-16-20-18-8-26-16/h1-8H,(H,19,20,22). The lowest BCUT2D eigenvalue weighted by Crippen LogP contribution is -2.29. The first kappa shape index (κ1) is 17.6. The van der Waals surface area contributed by atoms with Gasteiger partial charge in [-0.2, -0.15) is 4.31 Å². The molecule has 1 aromatic heterocycles. The Balaban J connectivity index is 1.73. The lowest BCUT2D eigenvalue weighted by Gasteiger charge is -2.14. The third kappa shape index (κ3) is 2.97. The van der Waals surface area contributed by atoms with E-state index in [1.807, 2.05) is 0 Å². The van der Waals surface area contributed by atoms with Crippen molar-refractivity contribution in [1.29, 1.82) is 0 Å². The van der Waals surface area contributed by atoms with E-state index >= 15 is 0 Å². The normalized spacial score (nSPS) is 14.9. The van der Waals surface area contributed by atoms with Gasteiger partial charge in [0, 0.05) is 10.6 Å². The number of nitrogens with one attached hydrogen (secondary N) is 1. The highest BCUT2D eigenvalue weighted by atomic mass is 35.5. The number of fused-ring (bicyclic) bond motifs is 1. The Morgan fingerprint density at radius 3 is 2.56 bits per heavy atom. The lowest BCUT2D eigenvalue weighted by molar-refractivity contribution is 0.100. The molecule has 0 fully saturated rings. The van der Waals surface area contributed by atoms with Crippen molar-refractivity contribution in [3.8, 4) is 0 Å². The summed E-state index contributed by atoms with van der Waals surface area (Å²) < 4.78 is 26.5. The van der Waals surface area contributed by atoms with E-state index in [1.54, 1.807) is 0 Å². The molecule has 136 valence electrons. The minimum Gasteiger partial charge on any atom is -0.296 e. The van der Waals surface area contributed by atoms with E-state index in [9.17, 15) is 18.0 Å². The van der Waals surface area contributed by atoms with Gasteiger partial charge in [-0.05, 0) is 42.5 Å². The second kappa shape index (κ2) is 6.41. The molecular weight excluding hydrogens is 412 g/mol. The second-order valence-corrected chi connectivity index (χ2v) is 8.48. The highest BCUT2D eigenvalue weighted by Gasteiger charge is 2.42. The number of anilines is 2. The Labute approximate surface area is 162 Å². The summed E-state index contributed by atoms with van der Waals surface area (Å²) in [6.45, 7) is 0. The van der Waals surface area contributed by atoms with E-state index < -0.39 is 21.8 Å². The summed E-state index contributed by atoms with van der Waals surface area (Å²) in [6, 6.07) is 9.73. The topological polar surface area (TPSA) is 109 Å². The van der Waals surface area contributed by atoms with Crippen molar-refractivity contribution in [3.05, 3.63) is 64.1 Å². The third-order valence-electron chi connectivity index (χ3n) is 3.82. The molecule has 0 bridgehead atoms. The number of aromatic nitrogens is 2. The molecule has 11 heteroatoms. The zero-order valence-corrected chi connectivity index (χ0v) is 15.7. The molecule has 0 saturated heterocycles. The molecule has 1 aliphatic heterocycles. The average molecular weight is 421 g/mol. The van der Waals surface area contributed by atoms with Gasteiger partial charge in [-0.1, -0.05) is 22.9 Å². The van der Waals surface area contributed by atoms with Crippen molar-refractivity contribution >= 4 is 55.6 Å². The van der Waals surface area contributed by atoms with Crippen LogP contribution in [0.1, 0.15) is 20.7 Å². The number of halogens is 1. The highest BCUT2D eigenvalue weighted by molar-refractivity contribution is 7.94. The molecule has 3 aromatic rings.